The van der Waals surface area contributed by atoms with E-state index in [0.29, 0.717) is 31.8 Å². The average Bonchev–Trinajstić information content (AvgIpc) is 2.54. The van der Waals surface area contributed by atoms with Crippen molar-refractivity contribution in [3.8, 4) is 5.75 Å². The number of rotatable bonds is 6. The molecule has 0 saturated carbocycles. The molecule has 23 heavy (non-hydrogen) atoms. The van der Waals surface area contributed by atoms with E-state index < -0.39 is 5.97 Å². The second kappa shape index (κ2) is 7.97. The van der Waals surface area contributed by atoms with Gasteiger partial charge in [0.25, 0.3) is 5.91 Å². The van der Waals surface area contributed by atoms with Crippen LogP contribution in [0.15, 0.2) is 18.2 Å². The number of hydrogen-bond donors (Lipinski definition) is 1. The van der Waals surface area contributed by atoms with Crippen LogP contribution in [0.2, 0.25) is 0 Å². The van der Waals surface area contributed by atoms with E-state index in [1.54, 1.807) is 0 Å². The number of nitrogens with zero attached hydrogens (tertiary/aromatic N) is 1. The third-order valence-electron chi connectivity index (χ3n) is 3.95. The van der Waals surface area contributed by atoms with Crippen LogP contribution in [0.5, 0.6) is 5.75 Å². The van der Waals surface area contributed by atoms with Crippen molar-refractivity contribution in [3.05, 3.63) is 29.3 Å². The van der Waals surface area contributed by atoms with E-state index in [0.717, 1.165) is 11.1 Å². The first-order valence-electron chi connectivity index (χ1n) is 7.76. The van der Waals surface area contributed by atoms with Crippen LogP contribution in [-0.4, -0.2) is 54.3 Å². The van der Waals surface area contributed by atoms with Gasteiger partial charge in [-0.25, -0.2) is 0 Å². The molecule has 1 aromatic rings. The number of aliphatic carboxylic acids is 1. The maximum atomic E-state index is 12.4. The van der Waals surface area contributed by atoms with E-state index in [4.69, 9.17) is 14.6 Å². The number of amides is 1. The molecule has 0 atom stereocenters. The maximum Gasteiger partial charge on any atom is 0.323 e. The van der Waals surface area contributed by atoms with Crippen LogP contribution >= 0.6 is 0 Å². The Hall–Kier alpha value is -2.08. The number of carboxylic acids is 1. The summed E-state index contributed by atoms with van der Waals surface area (Å²) < 4.78 is 10.9. The zero-order chi connectivity index (χ0) is 16.8. The number of carbonyl (C=O) groups excluding carboxylic acids is 1. The van der Waals surface area contributed by atoms with Crippen LogP contribution in [0.1, 0.15) is 24.0 Å². The largest absolute Gasteiger partial charge is 0.483 e. The van der Waals surface area contributed by atoms with Crippen molar-refractivity contribution in [1.82, 2.24) is 4.90 Å². The molecule has 1 aliphatic heterocycles. The van der Waals surface area contributed by atoms with E-state index in [1.165, 1.54) is 4.90 Å². The van der Waals surface area contributed by atoms with Gasteiger partial charge in [-0.3, -0.25) is 9.59 Å². The van der Waals surface area contributed by atoms with Gasteiger partial charge in [0.1, 0.15) is 12.3 Å². The van der Waals surface area contributed by atoms with Gasteiger partial charge in [-0.2, -0.15) is 0 Å². The second-order valence-corrected chi connectivity index (χ2v) is 5.82. The SMILES string of the molecule is Cc1ccc(C)c(OCC(=O)N(CC(=O)O)C2CCOCC2)c1. The van der Waals surface area contributed by atoms with Crippen molar-refractivity contribution in [2.45, 2.75) is 32.7 Å². The lowest BCUT2D eigenvalue weighted by Gasteiger charge is -2.33. The molecule has 2 rings (SSSR count). The third-order valence-corrected chi connectivity index (χ3v) is 3.95. The summed E-state index contributed by atoms with van der Waals surface area (Å²) in [5, 5.41) is 9.06. The first-order valence-corrected chi connectivity index (χ1v) is 7.76. The van der Waals surface area contributed by atoms with Gasteiger partial charge >= 0.3 is 5.97 Å². The molecule has 0 unspecified atom stereocenters. The fraction of sp³-hybridized carbons (Fsp3) is 0.529. The zero-order valence-corrected chi connectivity index (χ0v) is 13.6. The summed E-state index contributed by atoms with van der Waals surface area (Å²) >= 11 is 0. The number of ether oxygens (including phenoxy) is 2. The van der Waals surface area contributed by atoms with Crippen LogP contribution in [0.3, 0.4) is 0 Å². The predicted molar refractivity (Wildman–Crippen MR) is 84.6 cm³/mol. The van der Waals surface area contributed by atoms with E-state index in [9.17, 15) is 9.59 Å². The first kappa shape index (κ1) is 17.3. The van der Waals surface area contributed by atoms with Gasteiger partial charge in [-0.05, 0) is 43.9 Å². The maximum absolute atomic E-state index is 12.4. The molecule has 1 N–H and O–H groups in total. The first-order chi connectivity index (χ1) is 11.0. The molecule has 0 aromatic heterocycles. The minimum absolute atomic E-state index is 0.102. The van der Waals surface area contributed by atoms with Crippen molar-refractivity contribution in [3.63, 3.8) is 0 Å². The fourth-order valence-corrected chi connectivity index (χ4v) is 2.65. The molecule has 6 heteroatoms. The lowest BCUT2D eigenvalue weighted by molar-refractivity contribution is -0.148. The van der Waals surface area contributed by atoms with Crippen molar-refractivity contribution >= 4 is 11.9 Å². The summed E-state index contributed by atoms with van der Waals surface area (Å²) in [5.41, 5.74) is 1.99. The van der Waals surface area contributed by atoms with E-state index in [-0.39, 0.29) is 25.1 Å². The van der Waals surface area contributed by atoms with Crippen LogP contribution in [0, 0.1) is 13.8 Å². The fourth-order valence-electron chi connectivity index (χ4n) is 2.65. The molecule has 126 valence electrons. The summed E-state index contributed by atoms with van der Waals surface area (Å²) in [7, 11) is 0. The highest BCUT2D eigenvalue weighted by molar-refractivity contribution is 5.82. The summed E-state index contributed by atoms with van der Waals surface area (Å²) in [6, 6.07) is 5.68. The molecule has 1 amide bonds. The number of hydrogen-bond acceptors (Lipinski definition) is 4. The number of aryl methyl sites for hydroxylation is 2. The molecule has 0 radical (unpaired) electrons. The normalized spacial score (nSPS) is 15.2. The quantitative estimate of drug-likeness (QED) is 0.864. The Morgan fingerprint density at radius 3 is 2.65 bits per heavy atom. The molecule has 1 saturated heterocycles. The highest BCUT2D eigenvalue weighted by Crippen LogP contribution is 2.20. The lowest BCUT2D eigenvalue weighted by Crippen LogP contribution is -2.47. The molecule has 0 spiro atoms. The minimum Gasteiger partial charge on any atom is -0.483 e. The second-order valence-electron chi connectivity index (χ2n) is 5.82. The summed E-state index contributed by atoms with van der Waals surface area (Å²) in [4.78, 5) is 24.9. The standard InChI is InChI=1S/C17H23NO5/c1-12-3-4-13(2)15(9-12)23-11-16(19)18(10-17(20)21)14-5-7-22-8-6-14/h3-4,9,14H,5-8,10-11H2,1-2H3,(H,20,21). The summed E-state index contributed by atoms with van der Waals surface area (Å²) in [6.45, 7) is 4.49. The van der Waals surface area contributed by atoms with Crippen LogP contribution in [0.4, 0.5) is 0 Å². The Balaban J connectivity index is 2.01. The molecular weight excluding hydrogens is 298 g/mol. The smallest absolute Gasteiger partial charge is 0.323 e. The Labute approximate surface area is 136 Å². The highest BCUT2D eigenvalue weighted by atomic mass is 16.5. The Bertz CT molecular complexity index is 566. The molecule has 6 nitrogen and oxygen atoms in total. The number of benzene rings is 1. The van der Waals surface area contributed by atoms with Gasteiger partial charge in [0.2, 0.25) is 0 Å². The average molecular weight is 321 g/mol. The zero-order valence-electron chi connectivity index (χ0n) is 13.6. The van der Waals surface area contributed by atoms with Gasteiger partial charge < -0.3 is 19.5 Å². The molecular formula is C17H23NO5. The Morgan fingerprint density at radius 2 is 2.00 bits per heavy atom. The van der Waals surface area contributed by atoms with Crippen LogP contribution in [-0.2, 0) is 14.3 Å². The molecule has 0 aliphatic carbocycles. The summed E-state index contributed by atoms with van der Waals surface area (Å²) in [5.74, 6) is -0.669. The van der Waals surface area contributed by atoms with Gasteiger partial charge in [0.15, 0.2) is 6.61 Å². The minimum atomic E-state index is -1.02. The van der Waals surface area contributed by atoms with Gasteiger partial charge in [-0.15, -0.1) is 0 Å². The van der Waals surface area contributed by atoms with Gasteiger partial charge in [-0.1, -0.05) is 12.1 Å². The monoisotopic (exact) mass is 321 g/mol. The van der Waals surface area contributed by atoms with Crippen molar-refractivity contribution in [2.24, 2.45) is 0 Å². The number of carboxylic acid groups (broad SMARTS) is 1. The molecule has 1 aromatic carbocycles. The molecule has 1 heterocycles. The van der Waals surface area contributed by atoms with Crippen LogP contribution in [0.25, 0.3) is 0 Å². The molecule has 0 bridgehead atoms. The Kier molecular flexibility index (Phi) is 5.98. The van der Waals surface area contributed by atoms with E-state index >= 15 is 0 Å². The van der Waals surface area contributed by atoms with Crippen molar-refractivity contribution in [1.29, 1.82) is 0 Å². The predicted octanol–water partition coefficient (Wildman–Crippen LogP) is 1.77. The van der Waals surface area contributed by atoms with Crippen LogP contribution < -0.4 is 4.74 Å². The van der Waals surface area contributed by atoms with E-state index in [1.807, 2.05) is 32.0 Å². The molecule has 1 fully saturated rings. The number of carbonyl (C=O) groups is 2. The summed E-state index contributed by atoms with van der Waals surface area (Å²) in [6.07, 6.45) is 1.31. The van der Waals surface area contributed by atoms with Gasteiger partial charge in [0.05, 0.1) is 0 Å². The lowest BCUT2D eigenvalue weighted by atomic mass is 10.1. The third kappa shape index (κ3) is 4.96. The van der Waals surface area contributed by atoms with Crippen molar-refractivity contribution < 1.29 is 24.2 Å². The molecule has 1 aliphatic rings. The highest BCUT2D eigenvalue weighted by Gasteiger charge is 2.27. The Morgan fingerprint density at radius 1 is 1.30 bits per heavy atom. The van der Waals surface area contributed by atoms with Crippen molar-refractivity contribution in [2.75, 3.05) is 26.4 Å². The van der Waals surface area contributed by atoms with E-state index in [2.05, 4.69) is 0 Å². The van der Waals surface area contributed by atoms with Gasteiger partial charge in [0, 0.05) is 19.3 Å². The topological polar surface area (TPSA) is 76.1 Å².